The van der Waals surface area contributed by atoms with Crippen LogP contribution in [0, 0.1) is 5.41 Å². The SMILES string of the molecule is N=C(F)/C=C\Nc1ccc(CN)cc1. The first-order valence-corrected chi connectivity index (χ1v) is 4.18. The molecule has 0 aliphatic carbocycles. The largest absolute Gasteiger partial charge is 0.362 e. The Hall–Kier alpha value is -1.68. The van der Waals surface area contributed by atoms with Crippen molar-refractivity contribution in [2.75, 3.05) is 5.32 Å². The van der Waals surface area contributed by atoms with Crippen LogP contribution in [0.15, 0.2) is 36.5 Å². The quantitative estimate of drug-likeness (QED) is 0.640. The van der Waals surface area contributed by atoms with E-state index < -0.39 is 5.97 Å². The van der Waals surface area contributed by atoms with Gasteiger partial charge in [0.2, 0.25) is 5.97 Å². The summed E-state index contributed by atoms with van der Waals surface area (Å²) in [5.74, 6) is -0.976. The normalized spacial score (nSPS) is 10.4. The van der Waals surface area contributed by atoms with Gasteiger partial charge in [0.15, 0.2) is 0 Å². The third-order valence-corrected chi connectivity index (χ3v) is 1.67. The van der Waals surface area contributed by atoms with Crippen molar-refractivity contribution in [3.8, 4) is 0 Å². The Morgan fingerprint density at radius 2 is 2.07 bits per heavy atom. The molecule has 0 bridgehead atoms. The maximum Gasteiger partial charge on any atom is 0.206 e. The molecule has 0 atom stereocenters. The first-order chi connectivity index (χ1) is 6.72. The molecule has 1 aromatic rings. The Kier molecular flexibility index (Phi) is 3.82. The summed E-state index contributed by atoms with van der Waals surface area (Å²) in [6, 6.07) is 7.46. The first kappa shape index (κ1) is 10.4. The van der Waals surface area contributed by atoms with Crippen LogP contribution in [0.1, 0.15) is 5.56 Å². The van der Waals surface area contributed by atoms with Gasteiger partial charge in [-0.25, -0.2) is 0 Å². The number of nitrogens with one attached hydrogen (secondary N) is 2. The fourth-order valence-electron chi connectivity index (χ4n) is 0.948. The number of allylic oxidation sites excluding steroid dienone is 1. The van der Waals surface area contributed by atoms with Gasteiger partial charge in [0.1, 0.15) is 0 Å². The zero-order valence-electron chi connectivity index (χ0n) is 7.63. The summed E-state index contributed by atoms with van der Waals surface area (Å²) < 4.78 is 12.0. The standard InChI is InChI=1S/C10H12FN3/c11-10(13)5-6-14-9-3-1-8(7-12)2-4-9/h1-6,13-14H,7,12H2/b6-5-,13-10?. The molecule has 0 aromatic heterocycles. The molecule has 0 saturated heterocycles. The molecule has 4 N–H and O–H groups in total. The van der Waals surface area contributed by atoms with Crippen LogP contribution in [0.3, 0.4) is 0 Å². The highest BCUT2D eigenvalue weighted by Gasteiger charge is 1.90. The second kappa shape index (κ2) is 5.14. The van der Waals surface area contributed by atoms with E-state index in [0.717, 1.165) is 17.3 Å². The van der Waals surface area contributed by atoms with Crippen LogP contribution < -0.4 is 11.1 Å². The summed E-state index contributed by atoms with van der Waals surface area (Å²) in [6.45, 7) is 0.505. The number of anilines is 1. The topological polar surface area (TPSA) is 61.9 Å². The van der Waals surface area contributed by atoms with Crippen LogP contribution in [-0.2, 0) is 6.54 Å². The third-order valence-electron chi connectivity index (χ3n) is 1.67. The molecule has 0 amide bonds. The molecule has 0 heterocycles. The molecule has 74 valence electrons. The summed E-state index contributed by atoms with van der Waals surface area (Å²) in [6.07, 6.45) is 2.41. The van der Waals surface area contributed by atoms with Crippen molar-refractivity contribution in [2.24, 2.45) is 5.73 Å². The third kappa shape index (κ3) is 3.37. The molecule has 0 saturated carbocycles. The Morgan fingerprint density at radius 3 is 2.57 bits per heavy atom. The van der Waals surface area contributed by atoms with E-state index in [1.807, 2.05) is 24.3 Å². The Balaban J connectivity index is 2.56. The number of benzene rings is 1. The lowest BCUT2D eigenvalue weighted by molar-refractivity contribution is 0.803. The van der Waals surface area contributed by atoms with Crippen molar-refractivity contribution < 1.29 is 4.39 Å². The van der Waals surface area contributed by atoms with Crippen molar-refractivity contribution in [1.29, 1.82) is 5.41 Å². The van der Waals surface area contributed by atoms with Crippen molar-refractivity contribution >= 4 is 11.7 Å². The van der Waals surface area contributed by atoms with Crippen LogP contribution in [0.4, 0.5) is 10.1 Å². The van der Waals surface area contributed by atoms with Crippen LogP contribution in [-0.4, -0.2) is 5.97 Å². The fraction of sp³-hybridized carbons (Fsp3) is 0.100. The molecule has 3 nitrogen and oxygen atoms in total. The Morgan fingerprint density at radius 1 is 1.43 bits per heavy atom. The van der Waals surface area contributed by atoms with Crippen molar-refractivity contribution in [2.45, 2.75) is 6.54 Å². The van der Waals surface area contributed by atoms with Crippen LogP contribution in [0.5, 0.6) is 0 Å². The van der Waals surface area contributed by atoms with E-state index in [-0.39, 0.29) is 0 Å². The van der Waals surface area contributed by atoms with Gasteiger partial charge in [-0.2, -0.15) is 4.39 Å². The number of rotatable bonds is 4. The molecule has 0 radical (unpaired) electrons. The van der Waals surface area contributed by atoms with Gasteiger partial charge in [-0.15, -0.1) is 0 Å². The minimum absolute atomic E-state index is 0.505. The zero-order valence-corrected chi connectivity index (χ0v) is 7.63. The Bertz CT molecular complexity index is 330. The molecular weight excluding hydrogens is 181 g/mol. The molecule has 1 aromatic carbocycles. The summed E-state index contributed by atoms with van der Waals surface area (Å²) in [7, 11) is 0. The molecule has 0 aliphatic heterocycles. The monoisotopic (exact) mass is 193 g/mol. The van der Waals surface area contributed by atoms with Crippen molar-refractivity contribution in [3.05, 3.63) is 42.1 Å². The minimum atomic E-state index is -0.976. The van der Waals surface area contributed by atoms with Gasteiger partial charge in [0.25, 0.3) is 0 Å². The fourth-order valence-corrected chi connectivity index (χ4v) is 0.948. The van der Waals surface area contributed by atoms with E-state index >= 15 is 0 Å². The lowest BCUT2D eigenvalue weighted by Crippen LogP contribution is -1.96. The van der Waals surface area contributed by atoms with Gasteiger partial charge in [-0.1, -0.05) is 12.1 Å². The Labute approximate surface area is 81.9 Å². The second-order valence-electron chi connectivity index (χ2n) is 2.73. The predicted molar refractivity (Wildman–Crippen MR) is 55.9 cm³/mol. The molecular formula is C10H12FN3. The molecule has 0 aliphatic rings. The summed E-state index contributed by atoms with van der Waals surface area (Å²) in [5, 5.41) is 9.34. The van der Waals surface area contributed by atoms with Gasteiger partial charge < -0.3 is 11.1 Å². The smallest absolute Gasteiger partial charge is 0.206 e. The highest BCUT2D eigenvalue weighted by Crippen LogP contribution is 2.08. The van der Waals surface area contributed by atoms with Crippen molar-refractivity contribution in [1.82, 2.24) is 0 Å². The van der Waals surface area contributed by atoms with E-state index in [4.69, 9.17) is 11.1 Å². The van der Waals surface area contributed by atoms with Crippen LogP contribution in [0.25, 0.3) is 0 Å². The summed E-state index contributed by atoms with van der Waals surface area (Å²) in [4.78, 5) is 0. The summed E-state index contributed by atoms with van der Waals surface area (Å²) >= 11 is 0. The molecule has 0 unspecified atom stereocenters. The first-order valence-electron chi connectivity index (χ1n) is 4.18. The molecule has 0 spiro atoms. The average Bonchev–Trinajstić information content (AvgIpc) is 2.18. The maximum absolute atomic E-state index is 12.0. The van der Waals surface area contributed by atoms with E-state index in [0.29, 0.717) is 6.54 Å². The van der Waals surface area contributed by atoms with Gasteiger partial charge in [0.05, 0.1) is 0 Å². The molecule has 0 fully saturated rings. The summed E-state index contributed by atoms with van der Waals surface area (Å²) in [5.41, 5.74) is 7.30. The maximum atomic E-state index is 12.0. The zero-order chi connectivity index (χ0) is 10.4. The van der Waals surface area contributed by atoms with Crippen LogP contribution >= 0.6 is 0 Å². The van der Waals surface area contributed by atoms with Gasteiger partial charge in [-0.05, 0) is 17.7 Å². The molecule has 14 heavy (non-hydrogen) atoms. The average molecular weight is 193 g/mol. The molecule has 1 rings (SSSR count). The lowest BCUT2D eigenvalue weighted by atomic mass is 10.2. The van der Waals surface area contributed by atoms with E-state index in [1.165, 1.54) is 6.20 Å². The van der Waals surface area contributed by atoms with E-state index in [2.05, 4.69) is 5.32 Å². The van der Waals surface area contributed by atoms with Crippen molar-refractivity contribution in [3.63, 3.8) is 0 Å². The van der Waals surface area contributed by atoms with Gasteiger partial charge in [0, 0.05) is 24.5 Å². The van der Waals surface area contributed by atoms with Gasteiger partial charge >= 0.3 is 0 Å². The number of hydrogen-bond acceptors (Lipinski definition) is 3. The second-order valence-corrected chi connectivity index (χ2v) is 2.73. The molecule has 4 heteroatoms. The van der Waals surface area contributed by atoms with E-state index in [9.17, 15) is 4.39 Å². The highest BCUT2D eigenvalue weighted by atomic mass is 19.1. The highest BCUT2D eigenvalue weighted by molar-refractivity contribution is 5.83. The minimum Gasteiger partial charge on any atom is -0.362 e. The number of nitrogens with two attached hydrogens (primary N) is 1. The number of hydrogen-bond donors (Lipinski definition) is 3. The number of halogens is 1. The predicted octanol–water partition coefficient (Wildman–Crippen LogP) is 2.02. The van der Waals surface area contributed by atoms with E-state index in [1.54, 1.807) is 0 Å². The van der Waals surface area contributed by atoms with Crippen LogP contribution in [0.2, 0.25) is 0 Å². The lowest BCUT2D eigenvalue weighted by Gasteiger charge is -2.01. The van der Waals surface area contributed by atoms with Gasteiger partial charge in [-0.3, -0.25) is 5.41 Å².